The van der Waals surface area contributed by atoms with E-state index in [9.17, 15) is 0 Å². The molecule has 12 nitrogen and oxygen atoms in total. The fourth-order valence-corrected chi connectivity index (χ4v) is 20.7. The van der Waals surface area contributed by atoms with Gasteiger partial charge in [0.05, 0.1) is 0 Å². The Bertz CT molecular complexity index is 1640. The Balaban J connectivity index is 0.000000122. The van der Waals surface area contributed by atoms with Crippen LogP contribution in [0.2, 0.25) is 0 Å². The van der Waals surface area contributed by atoms with E-state index in [1.165, 1.54) is 253 Å². The maximum Gasteiger partial charge on any atom is 0.0211 e. The number of nitrogens with zero attached hydrogens (tertiary/aromatic N) is 12. The topological polar surface area (TPSA) is 38.9 Å². The van der Waals surface area contributed by atoms with E-state index >= 15 is 0 Å². The van der Waals surface area contributed by atoms with Gasteiger partial charge >= 0.3 is 0 Å². The van der Waals surface area contributed by atoms with Crippen LogP contribution < -0.4 is 0 Å². The van der Waals surface area contributed by atoms with Crippen molar-refractivity contribution in [2.24, 2.45) is 79.8 Å². The van der Waals surface area contributed by atoms with Crippen molar-refractivity contribution in [2.45, 2.75) is 138 Å². The van der Waals surface area contributed by atoms with Crippen LogP contribution in [0.15, 0.2) is 0 Å². The fourth-order valence-electron chi connectivity index (χ4n) is 20.7. The van der Waals surface area contributed by atoms with Gasteiger partial charge in [-0.25, -0.2) is 0 Å². The van der Waals surface area contributed by atoms with Crippen molar-refractivity contribution in [3.8, 4) is 0 Å². The normalized spacial score (nSPS) is 35.1. The first kappa shape index (κ1) is 68.4. The summed E-state index contributed by atoms with van der Waals surface area (Å²) in [5.74, 6) is 7.98. The van der Waals surface area contributed by atoms with Gasteiger partial charge in [-0.3, -0.25) is 0 Å². The largest absolute Gasteiger partial charge is 0.306 e. The van der Waals surface area contributed by atoms with E-state index in [2.05, 4.69) is 185 Å². The Kier molecular flexibility index (Phi) is 24.1. The van der Waals surface area contributed by atoms with Crippen molar-refractivity contribution >= 4 is 0 Å². The van der Waals surface area contributed by atoms with E-state index in [1.807, 2.05) is 0 Å². The second kappa shape index (κ2) is 29.2. The third kappa shape index (κ3) is 19.5. The molecule has 484 valence electrons. The smallest absolute Gasteiger partial charge is 0.0211 e. The molecule has 12 heteroatoms. The molecule has 16 rings (SSSR count). The van der Waals surface area contributed by atoms with Gasteiger partial charge in [0.1, 0.15) is 0 Å². The molecule has 16 fully saturated rings. The molecule has 6 spiro atoms. The van der Waals surface area contributed by atoms with Crippen LogP contribution in [-0.2, 0) is 0 Å². The summed E-state index contributed by atoms with van der Waals surface area (Å²) in [6.07, 6.45) is 22.1. The standard InChI is InChI=1S/C10H19N.C9H18N2.C9H17N.C8H16N2.2C8H15N.C7H14N2.C7H15N.C5H11N/c1-9-3-5-10(6-4-9)7-11(2)8-10;1-10-5-3-9(4-6-10)7-11(2)8-9;1-8-3-4-9(5-8)6-10(2)7-9;1-9-3-7-5-10(2)6-8(7)4-9;2*1-7-3-8(4-7)5-9(2)6-8;1-8-3-7(4-8)5-9(2)6-7;1-7-3-5-8(2)6-4-7;1-5-3-6(2)4-5/h9H,3-8H2,1-2H3;3-8H2,1-2H3;8H,3-7H2,1-2H3;7-8H,3-6H2,1-2H3;2*7H,3-6H2,1-2H3;3-6H2,1-2H3;7H,3-6H2,1-2H3;5H,3-4H2,1-2H3. The van der Waals surface area contributed by atoms with E-state index < -0.39 is 0 Å². The summed E-state index contributed by atoms with van der Waals surface area (Å²) in [6, 6.07) is 0. The molecule has 12 aliphatic heterocycles. The van der Waals surface area contributed by atoms with Crippen LogP contribution in [0.1, 0.15) is 138 Å². The number of fused-ring (bicyclic) bond motifs is 1. The minimum atomic E-state index is 0.737. The van der Waals surface area contributed by atoms with E-state index in [1.54, 1.807) is 0 Å². The first-order valence-corrected chi connectivity index (χ1v) is 35.3. The van der Waals surface area contributed by atoms with Crippen molar-refractivity contribution in [1.82, 2.24) is 58.8 Å². The molecule has 12 heterocycles. The van der Waals surface area contributed by atoms with Crippen LogP contribution in [0, 0.1) is 79.8 Å². The zero-order chi connectivity index (χ0) is 60.1. The van der Waals surface area contributed by atoms with Crippen molar-refractivity contribution < 1.29 is 0 Å². The van der Waals surface area contributed by atoms with Crippen LogP contribution in [0.4, 0.5) is 0 Å². The number of likely N-dealkylation sites (tertiary alicyclic amines) is 12. The second-order valence-corrected chi connectivity index (χ2v) is 35.3. The molecule has 1 unspecified atom stereocenters. The summed E-state index contributed by atoms with van der Waals surface area (Å²) >= 11 is 0. The summed E-state index contributed by atoms with van der Waals surface area (Å²) in [6.45, 7) is 46.3. The van der Waals surface area contributed by atoms with Gasteiger partial charge in [0.15, 0.2) is 0 Å². The van der Waals surface area contributed by atoms with Crippen LogP contribution in [0.5, 0.6) is 0 Å². The summed E-state index contributed by atoms with van der Waals surface area (Å²) in [5, 5.41) is 0. The lowest BCUT2D eigenvalue weighted by atomic mass is 9.58. The third-order valence-corrected chi connectivity index (χ3v) is 24.0. The highest BCUT2D eigenvalue weighted by atomic mass is 15.3. The van der Waals surface area contributed by atoms with Crippen LogP contribution in [0.25, 0.3) is 0 Å². The van der Waals surface area contributed by atoms with Crippen LogP contribution in [0.3, 0.4) is 0 Å². The van der Waals surface area contributed by atoms with E-state index in [0.29, 0.717) is 0 Å². The van der Waals surface area contributed by atoms with Gasteiger partial charge in [-0.15, -0.1) is 0 Å². The maximum absolute atomic E-state index is 2.46. The van der Waals surface area contributed by atoms with Crippen LogP contribution in [-0.4, -0.2) is 300 Å². The Morgan fingerprint density at radius 3 is 0.759 bits per heavy atom. The van der Waals surface area contributed by atoms with Gasteiger partial charge in [-0.05, 0) is 262 Å². The fraction of sp³-hybridized carbons (Fsp3) is 1.00. The average Bonchev–Trinajstić information content (AvgIpc) is 4.01. The third-order valence-electron chi connectivity index (χ3n) is 24.0. The maximum atomic E-state index is 2.46. The summed E-state index contributed by atoms with van der Waals surface area (Å²) < 4.78 is 0. The molecule has 4 saturated carbocycles. The molecule has 0 N–H and O–H groups in total. The molecule has 0 radical (unpaired) electrons. The van der Waals surface area contributed by atoms with Crippen molar-refractivity contribution in [3.05, 3.63) is 0 Å². The molecule has 0 bridgehead atoms. The van der Waals surface area contributed by atoms with Gasteiger partial charge in [0.2, 0.25) is 0 Å². The zero-order valence-electron chi connectivity index (χ0n) is 58.6. The molecular weight excluding hydrogens is 1020 g/mol. The minimum absolute atomic E-state index is 0.737. The first-order chi connectivity index (χ1) is 39.0. The quantitative estimate of drug-likeness (QED) is 0.233. The van der Waals surface area contributed by atoms with E-state index in [0.717, 1.165) is 79.8 Å². The van der Waals surface area contributed by atoms with Gasteiger partial charge in [0.25, 0.3) is 0 Å². The van der Waals surface area contributed by atoms with E-state index in [4.69, 9.17) is 0 Å². The number of hydrogen-bond donors (Lipinski definition) is 0. The molecule has 83 heavy (non-hydrogen) atoms. The van der Waals surface area contributed by atoms with Gasteiger partial charge in [0, 0.05) is 136 Å². The molecule has 1 atom stereocenters. The number of piperidine rings is 2. The molecule has 0 aromatic carbocycles. The predicted octanol–water partition coefficient (Wildman–Crippen LogP) is 9.10. The second-order valence-electron chi connectivity index (χ2n) is 35.3. The highest BCUT2D eigenvalue weighted by molar-refractivity contribution is 5.05. The molecule has 0 aromatic rings. The highest BCUT2D eigenvalue weighted by Crippen LogP contribution is 2.52. The lowest BCUT2D eigenvalue weighted by Crippen LogP contribution is -2.70. The molecule has 12 saturated heterocycles. The predicted molar refractivity (Wildman–Crippen MR) is 356 cm³/mol. The summed E-state index contributed by atoms with van der Waals surface area (Å²) in [7, 11) is 26.6. The summed E-state index contributed by atoms with van der Waals surface area (Å²) in [4.78, 5) is 29.1. The van der Waals surface area contributed by atoms with Crippen molar-refractivity contribution in [2.75, 3.05) is 242 Å². The van der Waals surface area contributed by atoms with Gasteiger partial charge in [-0.1, -0.05) is 60.8 Å². The van der Waals surface area contributed by atoms with Crippen molar-refractivity contribution in [3.63, 3.8) is 0 Å². The average molecular weight is 1160 g/mol. The van der Waals surface area contributed by atoms with Crippen molar-refractivity contribution in [1.29, 1.82) is 0 Å². The lowest BCUT2D eigenvalue weighted by Gasteiger charge is -2.58. The Morgan fingerprint density at radius 1 is 0.205 bits per heavy atom. The summed E-state index contributed by atoms with van der Waals surface area (Å²) in [5.41, 5.74) is 4.67. The SMILES string of the molecule is CC1CC2(C1)CN(C)C2.CC1CC2(C1)CN(C)C2.CC1CCC2(C1)CN(C)C2.CC1CCC2(CC1)CN(C)C2.CC1CCN(C)CC1.CC1CN(C)C1.CN1CC2(C1)CN(C)C2.CN1CC2CN(C)CC2C1.CN1CCC2(CC1)CN(C)C2. The molecule has 4 aliphatic carbocycles. The van der Waals surface area contributed by atoms with Crippen LogP contribution >= 0.6 is 0 Å². The number of rotatable bonds is 0. The molecule has 0 aromatic heterocycles. The highest BCUT2D eigenvalue weighted by Gasteiger charge is 2.51. The Morgan fingerprint density at radius 2 is 0.470 bits per heavy atom. The number of hydrogen-bond acceptors (Lipinski definition) is 12. The Labute approximate surface area is 515 Å². The first-order valence-electron chi connectivity index (χ1n) is 35.3. The van der Waals surface area contributed by atoms with Gasteiger partial charge < -0.3 is 58.8 Å². The van der Waals surface area contributed by atoms with E-state index in [-0.39, 0.29) is 0 Å². The van der Waals surface area contributed by atoms with Gasteiger partial charge in [-0.2, -0.15) is 0 Å². The molecule has 16 aliphatic rings. The molecule has 0 amide bonds. The minimum Gasteiger partial charge on any atom is -0.306 e. The zero-order valence-corrected chi connectivity index (χ0v) is 58.6. The molecular formula is C71H140N12. The monoisotopic (exact) mass is 1160 g/mol. The lowest BCUT2D eigenvalue weighted by molar-refractivity contribution is -0.0926. The Hall–Kier alpha value is -0.480.